The Morgan fingerprint density at radius 1 is 1.00 bits per heavy atom. The summed E-state index contributed by atoms with van der Waals surface area (Å²) in [5.74, 6) is 1.21. The highest BCUT2D eigenvalue weighted by molar-refractivity contribution is 6.30. The number of fused-ring (bicyclic) bond motifs is 3. The van der Waals surface area contributed by atoms with Gasteiger partial charge in [0.1, 0.15) is 18.2 Å². The smallest absolute Gasteiger partial charge is 0.306 e. The zero-order valence-electron chi connectivity index (χ0n) is 23.8. The average Bonchev–Trinajstić information content (AvgIpc) is 3.01. The van der Waals surface area contributed by atoms with E-state index in [9.17, 15) is 9.90 Å². The number of hydrogen-bond donors (Lipinski definition) is 2. The molecule has 6 rings (SSSR count). The molecule has 1 saturated carbocycles. The topological polar surface area (TPSA) is 114 Å². The molecule has 1 aliphatic heterocycles. The number of halogens is 1. The first kappa shape index (κ1) is 28.7. The second-order valence-electron chi connectivity index (χ2n) is 11.5. The van der Waals surface area contributed by atoms with Crippen LogP contribution in [0, 0.1) is 5.92 Å². The molecular weight excluding hydrogens is 554 g/mol. The molecule has 0 bridgehead atoms. The lowest BCUT2D eigenvalue weighted by molar-refractivity contribution is -0.143. The van der Waals surface area contributed by atoms with E-state index < -0.39 is 5.97 Å². The molecule has 9 nitrogen and oxygen atoms in total. The molecule has 3 N–H and O–H groups in total. The molecule has 1 saturated heterocycles. The predicted molar refractivity (Wildman–Crippen MR) is 163 cm³/mol. The largest absolute Gasteiger partial charge is 0.489 e. The molecule has 10 heteroatoms. The molecule has 2 aliphatic carbocycles. The van der Waals surface area contributed by atoms with Crippen molar-refractivity contribution < 1.29 is 19.4 Å². The van der Waals surface area contributed by atoms with Crippen LogP contribution in [-0.4, -0.2) is 71.4 Å². The third-order valence-corrected chi connectivity index (χ3v) is 9.01. The van der Waals surface area contributed by atoms with Gasteiger partial charge in [0.2, 0.25) is 5.95 Å². The highest BCUT2D eigenvalue weighted by Gasteiger charge is 2.28. The number of nitrogen functional groups attached to an aromatic ring is 1. The van der Waals surface area contributed by atoms with Gasteiger partial charge in [-0.05, 0) is 80.0 Å². The molecule has 42 heavy (non-hydrogen) atoms. The Labute approximate surface area is 251 Å². The van der Waals surface area contributed by atoms with Crippen molar-refractivity contribution in [1.29, 1.82) is 0 Å². The highest BCUT2D eigenvalue weighted by atomic mass is 35.5. The normalized spacial score (nSPS) is 20.5. The van der Waals surface area contributed by atoms with Crippen LogP contribution >= 0.6 is 11.6 Å². The summed E-state index contributed by atoms with van der Waals surface area (Å²) in [5, 5.41) is 9.91. The number of rotatable bonds is 9. The van der Waals surface area contributed by atoms with Crippen molar-refractivity contribution >= 4 is 29.3 Å². The van der Waals surface area contributed by atoms with Gasteiger partial charge in [0.15, 0.2) is 0 Å². The Hall–Kier alpha value is -3.40. The van der Waals surface area contributed by atoms with Crippen molar-refractivity contribution in [1.82, 2.24) is 14.9 Å². The van der Waals surface area contributed by atoms with Gasteiger partial charge < -0.3 is 25.2 Å². The Balaban J connectivity index is 1.05. The lowest BCUT2D eigenvalue weighted by atomic mass is 9.87. The van der Waals surface area contributed by atoms with E-state index in [1.165, 1.54) is 11.1 Å². The fourth-order valence-electron chi connectivity index (χ4n) is 6.32. The van der Waals surface area contributed by atoms with Gasteiger partial charge in [0, 0.05) is 48.9 Å². The fourth-order valence-corrected chi connectivity index (χ4v) is 6.44. The minimum Gasteiger partial charge on any atom is -0.489 e. The average molecular weight is 592 g/mol. The lowest BCUT2D eigenvalue weighted by Crippen LogP contribution is -2.48. The van der Waals surface area contributed by atoms with Crippen LogP contribution in [0.4, 0.5) is 11.8 Å². The van der Waals surface area contributed by atoms with Crippen molar-refractivity contribution in [2.75, 3.05) is 50.0 Å². The molecule has 0 spiro atoms. The molecule has 0 amide bonds. The molecule has 1 aromatic heterocycles. The Bertz CT molecular complexity index is 1400. The number of aryl methyl sites for hydroxylation is 1. The summed E-state index contributed by atoms with van der Waals surface area (Å²) < 4.78 is 12.2. The number of piperazine rings is 1. The van der Waals surface area contributed by atoms with Crippen molar-refractivity contribution in [3.8, 4) is 17.0 Å². The van der Waals surface area contributed by atoms with Crippen LogP contribution in [0.25, 0.3) is 11.3 Å². The first-order valence-corrected chi connectivity index (χ1v) is 15.3. The van der Waals surface area contributed by atoms with Gasteiger partial charge in [-0.25, -0.2) is 4.98 Å². The van der Waals surface area contributed by atoms with E-state index in [1.807, 2.05) is 30.3 Å². The van der Waals surface area contributed by atoms with Crippen molar-refractivity contribution in [3.05, 3.63) is 64.2 Å². The van der Waals surface area contributed by atoms with E-state index in [-0.39, 0.29) is 12.0 Å². The monoisotopic (exact) mass is 591 g/mol. The van der Waals surface area contributed by atoms with E-state index in [0.29, 0.717) is 24.2 Å². The third-order valence-electron chi connectivity index (χ3n) is 8.75. The lowest BCUT2D eigenvalue weighted by Gasteiger charge is -2.37. The first-order valence-electron chi connectivity index (χ1n) is 14.9. The number of aromatic nitrogens is 2. The van der Waals surface area contributed by atoms with Crippen LogP contribution in [0.3, 0.4) is 0 Å². The van der Waals surface area contributed by atoms with Crippen LogP contribution < -0.4 is 15.4 Å². The number of carbonyl (C=O) groups is 1. The van der Waals surface area contributed by atoms with Crippen molar-refractivity contribution in [3.63, 3.8) is 0 Å². The van der Waals surface area contributed by atoms with Crippen LogP contribution in [0.1, 0.15) is 42.4 Å². The molecule has 0 radical (unpaired) electrons. The highest BCUT2D eigenvalue weighted by Crippen LogP contribution is 2.38. The van der Waals surface area contributed by atoms with Gasteiger partial charge in [0.25, 0.3) is 0 Å². The molecule has 3 aliphatic rings. The third kappa shape index (κ3) is 6.64. The Kier molecular flexibility index (Phi) is 8.79. The number of aliphatic carboxylic acids is 1. The van der Waals surface area contributed by atoms with Crippen molar-refractivity contribution in [2.24, 2.45) is 5.92 Å². The molecule has 222 valence electrons. The van der Waals surface area contributed by atoms with Gasteiger partial charge in [-0.3, -0.25) is 9.69 Å². The number of carboxylic acid groups (broad SMARTS) is 1. The van der Waals surface area contributed by atoms with E-state index in [2.05, 4.69) is 26.9 Å². The Morgan fingerprint density at radius 3 is 2.50 bits per heavy atom. The van der Waals surface area contributed by atoms with Gasteiger partial charge in [-0.2, -0.15) is 4.98 Å². The molecule has 0 unspecified atom stereocenters. The van der Waals surface area contributed by atoms with E-state index in [4.69, 9.17) is 31.8 Å². The number of nitrogens with zero attached hydrogens (tertiary/aromatic N) is 4. The zero-order chi connectivity index (χ0) is 29.1. The minimum absolute atomic E-state index is 0.186. The van der Waals surface area contributed by atoms with Crippen LogP contribution in [-0.2, 0) is 29.0 Å². The number of hydrogen-bond acceptors (Lipinski definition) is 8. The number of ether oxygens (including phenoxy) is 2. The maximum atomic E-state index is 11.2. The summed E-state index contributed by atoms with van der Waals surface area (Å²) in [5.41, 5.74) is 11.7. The number of nitrogens with two attached hydrogens (primary N) is 1. The molecular formula is C32H38ClN5O4. The van der Waals surface area contributed by atoms with Gasteiger partial charge in [0.05, 0.1) is 24.3 Å². The standard InChI is InChI=1S/C32H38ClN5O4/c33-24-6-1-21(2-7-24)20-42-26-10-12-27-23(19-26)5-11-28-29(27)35-32(34)36-30(28)38-15-13-37(14-16-38)17-18-41-25-8-3-22(4-9-25)31(39)40/h1-2,6-7,10,12,19,22,25H,3-5,8-9,11,13-18,20H2,(H,39,40)(H2,34,35,36)/t22-,25+. The zero-order valence-corrected chi connectivity index (χ0v) is 24.6. The first-order chi connectivity index (χ1) is 20.4. The number of benzene rings is 2. The second kappa shape index (κ2) is 12.9. The van der Waals surface area contributed by atoms with E-state index in [0.717, 1.165) is 99.6 Å². The quantitative estimate of drug-likeness (QED) is 0.361. The summed E-state index contributed by atoms with van der Waals surface area (Å²) in [6, 6.07) is 13.9. The maximum absolute atomic E-state index is 11.2. The van der Waals surface area contributed by atoms with Crippen LogP contribution in [0.5, 0.6) is 5.75 Å². The molecule has 2 heterocycles. The summed E-state index contributed by atoms with van der Waals surface area (Å²) >= 11 is 6.00. The molecule has 0 atom stereocenters. The summed E-state index contributed by atoms with van der Waals surface area (Å²) in [7, 11) is 0. The predicted octanol–water partition coefficient (Wildman–Crippen LogP) is 4.84. The van der Waals surface area contributed by atoms with E-state index >= 15 is 0 Å². The van der Waals surface area contributed by atoms with Crippen LogP contribution in [0.15, 0.2) is 42.5 Å². The summed E-state index contributed by atoms with van der Waals surface area (Å²) in [4.78, 5) is 25.3. The number of anilines is 2. The van der Waals surface area contributed by atoms with Gasteiger partial charge >= 0.3 is 5.97 Å². The number of carboxylic acids is 1. The van der Waals surface area contributed by atoms with Gasteiger partial charge in [-0.15, -0.1) is 0 Å². The van der Waals surface area contributed by atoms with Crippen LogP contribution in [0.2, 0.25) is 5.02 Å². The maximum Gasteiger partial charge on any atom is 0.306 e. The second-order valence-corrected chi connectivity index (χ2v) is 11.9. The molecule has 2 aromatic carbocycles. The molecule has 3 aromatic rings. The minimum atomic E-state index is -0.674. The summed E-state index contributed by atoms with van der Waals surface area (Å²) in [6.45, 7) is 5.65. The SMILES string of the molecule is Nc1nc2c(c(N3CCN(CCO[C@H]4CC[C@@H](C(=O)O)CC4)CC3)n1)CCc1cc(OCc3ccc(Cl)cc3)ccc1-2. The van der Waals surface area contributed by atoms with Crippen molar-refractivity contribution in [2.45, 2.75) is 51.2 Å². The molecule has 2 fully saturated rings. The summed E-state index contributed by atoms with van der Waals surface area (Å²) in [6.07, 6.45) is 5.05. The Morgan fingerprint density at radius 2 is 1.76 bits per heavy atom. The fraction of sp³-hybridized carbons (Fsp3) is 0.469. The van der Waals surface area contributed by atoms with E-state index in [1.54, 1.807) is 0 Å². The van der Waals surface area contributed by atoms with Gasteiger partial charge in [-0.1, -0.05) is 23.7 Å².